The number of halogens is 5. The van der Waals surface area contributed by atoms with E-state index < -0.39 is 41.8 Å². The van der Waals surface area contributed by atoms with Crippen molar-refractivity contribution in [2.45, 2.75) is 12.3 Å². The van der Waals surface area contributed by atoms with Crippen LogP contribution in [0.25, 0.3) is 0 Å². The lowest BCUT2D eigenvalue weighted by atomic mass is 10.2. The van der Waals surface area contributed by atoms with Crippen LogP contribution in [0.3, 0.4) is 0 Å². The molecule has 4 nitrogen and oxygen atoms in total. The zero-order valence-corrected chi connectivity index (χ0v) is 12.6. The summed E-state index contributed by atoms with van der Waals surface area (Å²) >= 11 is 0. The summed E-state index contributed by atoms with van der Waals surface area (Å²) < 4.78 is 70.1. The van der Waals surface area contributed by atoms with Gasteiger partial charge in [0, 0.05) is 18.3 Å². The van der Waals surface area contributed by atoms with E-state index in [0.29, 0.717) is 5.69 Å². The fraction of sp³-hybridized carbons (Fsp3) is 0.250. The predicted molar refractivity (Wildman–Crippen MR) is 79.5 cm³/mol. The van der Waals surface area contributed by atoms with Crippen molar-refractivity contribution >= 4 is 5.69 Å². The molecule has 0 aliphatic carbocycles. The maximum absolute atomic E-state index is 13.8. The molecular weight excluding hydrogens is 349 g/mol. The quantitative estimate of drug-likeness (QED) is 0.687. The van der Waals surface area contributed by atoms with Gasteiger partial charge >= 0.3 is 6.18 Å². The van der Waals surface area contributed by atoms with E-state index in [-0.39, 0.29) is 24.4 Å². The van der Waals surface area contributed by atoms with Gasteiger partial charge in [0.1, 0.15) is 5.75 Å². The van der Waals surface area contributed by atoms with Crippen molar-refractivity contribution in [3.05, 3.63) is 53.6 Å². The third-order valence-corrected chi connectivity index (χ3v) is 3.13. The summed E-state index contributed by atoms with van der Waals surface area (Å²) in [6, 6.07) is 6.03. The van der Waals surface area contributed by atoms with Crippen molar-refractivity contribution in [2.75, 3.05) is 18.5 Å². The Morgan fingerprint density at radius 1 is 1.08 bits per heavy atom. The molecule has 0 bridgehead atoms. The van der Waals surface area contributed by atoms with Gasteiger partial charge in [-0.2, -0.15) is 13.2 Å². The maximum Gasteiger partial charge on any atom is 0.416 e. The molecule has 0 aliphatic rings. The normalized spacial score (nSPS) is 12.8. The van der Waals surface area contributed by atoms with Gasteiger partial charge in [0.05, 0.1) is 18.3 Å². The molecule has 9 heteroatoms. The summed E-state index contributed by atoms with van der Waals surface area (Å²) in [5.74, 6) is -3.95. The molecule has 25 heavy (non-hydrogen) atoms. The van der Waals surface area contributed by atoms with Gasteiger partial charge in [0.25, 0.3) is 0 Å². The SMILES string of the molecule is OCC(O)CNc1cccc(Oc2c(F)cc(C(F)(F)F)cc2F)c1. The number of anilines is 1. The van der Waals surface area contributed by atoms with Crippen molar-refractivity contribution in [3.63, 3.8) is 0 Å². The summed E-state index contributed by atoms with van der Waals surface area (Å²) in [7, 11) is 0. The summed E-state index contributed by atoms with van der Waals surface area (Å²) in [6.45, 7) is -0.436. The minimum atomic E-state index is -4.88. The van der Waals surface area contributed by atoms with Gasteiger partial charge in [-0.25, -0.2) is 8.78 Å². The Balaban J connectivity index is 2.20. The number of aliphatic hydroxyl groups excluding tert-OH is 2. The summed E-state index contributed by atoms with van der Waals surface area (Å²) in [5, 5.41) is 20.7. The molecular formula is C16H14F5NO3. The second kappa shape index (κ2) is 7.66. The molecule has 1 atom stereocenters. The first-order valence-electron chi connectivity index (χ1n) is 7.07. The van der Waals surface area contributed by atoms with E-state index in [1.807, 2.05) is 0 Å². The van der Waals surface area contributed by atoms with Crippen molar-refractivity contribution in [1.29, 1.82) is 0 Å². The number of ether oxygens (including phenoxy) is 1. The van der Waals surface area contributed by atoms with E-state index in [1.165, 1.54) is 18.2 Å². The van der Waals surface area contributed by atoms with E-state index >= 15 is 0 Å². The minimum absolute atomic E-state index is 0.0168. The van der Waals surface area contributed by atoms with Crippen molar-refractivity contribution < 1.29 is 36.9 Å². The van der Waals surface area contributed by atoms with Crippen LogP contribution >= 0.6 is 0 Å². The Kier molecular flexibility index (Phi) is 5.81. The van der Waals surface area contributed by atoms with Crippen molar-refractivity contribution in [1.82, 2.24) is 0 Å². The minimum Gasteiger partial charge on any atom is -0.451 e. The number of nitrogens with one attached hydrogen (secondary N) is 1. The highest BCUT2D eigenvalue weighted by Crippen LogP contribution is 2.35. The molecule has 3 N–H and O–H groups in total. The lowest BCUT2D eigenvalue weighted by molar-refractivity contribution is -0.138. The number of hydrogen-bond acceptors (Lipinski definition) is 4. The third-order valence-electron chi connectivity index (χ3n) is 3.13. The average Bonchev–Trinajstić information content (AvgIpc) is 2.55. The standard InChI is InChI=1S/C16H14F5NO3/c17-13-4-9(16(19,20)21)5-14(18)15(13)25-12-3-1-2-10(6-12)22-7-11(24)8-23/h1-6,11,22-24H,7-8H2. The molecule has 2 aromatic rings. The Labute approximate surface area is 139 Å². The van der Waals surface area contributed by atoms with Crippen LogP contribution in [0.5, 0.6) is 11.5 Å². The molecule has 136 valence electrons. The van der Waals surface area contributed by atoms with Gasteiger partial charge < -0.3 is 20.3 Å². The summed E-state index contributed by atoms with van der Waals surface area (Å²) in [6.07, 6.45) is -5.88. The van der Waals surface area contributed by atoms with Gasteiger partial charge in [0.15, 0.2) is 17.4 Å². The third kappa shape index (κ3) is 5.04. The number of aliphatic hydroxyl groups is 2. The van der Waals surface area contributed by atoms with Crippen LogP contribution in [0.15, 0.2) is 36.4 Å². The molecule has 2 rings (SSSR count). The zero-order valence-electron chi connectivity index (χ0n) is 12.6. The predicted octanol–water partition coefficient (Wildman–Crippen LogP) is 3.54. The molecule has 0 aromatic heterocycles. The molecule has 0 fully saturated rings. The lowest BCUT2D eigenvalue weighted by Crippen LogP contribution is -2.22. The van der Waals surface area contributed by atoms with Crippen LogP contribution in [0.1, 0.15) is 5.56 Å². The highest BCUT2D eigenvalue weighted by molar-refractivity contribution is 5.49. The topological polar surface area (TPSA) is 61.7 Å². The average molecular weight is 363 g/mol. The van der Waals surface area contributed by atoms with E-state index in [1.54, 1.807) is 6.07 Å². The fourth-order valence-electron chi connectivity index (χ4n) is 1.91. The number of hydrogen-bond donors (Lipinski definition) is 3. The number of benzene rings is 2. The zero-order chi connectivity index (χ0) is 18.6. The molecule has 0 saturated carbocycles. The van der Waals surface area contributed by atoms with Gasteiger partial charge in [-0.3, -0.25) is 0 Å². The highest BCUT2D eigenvalue weighted by Gasteiger charge is 2.33. The van der Waals surface area contributed by atoms with E-state index in [2.05, 4.69) is 5.32 Å². The maximum atomic E-state index is 13.8. The monoisotopic (exact) mass is 363 g/mol. The van der Waals surface area contributed by atoms with Gasteiger partial charge in [0.2, 0.25) is 0 Å². The number of rotatable bonds is 6. The molecule has 0 heterocycles. The first-order chi connectivity index (χ1) is 11.7. The van der Waals surface area contributed by atoms with Crippen molar-refractivity contribution in [2.24, 2.45) is 0 Å². The van der Waals surface area contributed by atoms with Gasteiger partial charge in [-0.15, -0.1) is 0 Å². The Morgan fingerprint density at radius 2 is 1.72 bits per heavy atom. The molecule has 1 unspecified atom stereocenters. The summed E-state index contributed by atoms with van der Waals surface area (Å²) in [5.41, 5.74) is -1.04. The summed E-state index contributed by atoms with van der Waals surface area (Å²) in [4.78, 5) is 0. The van der Waals surface area contributed by atoms with E-state index in [0.717, 1.165) is 0 Å². The van der Waals surface area contributed by atoms with Crippen LogP contribution in [0, 0.1) is 11.6 Å². The van der Waals surface area contributed by atoms with Crippen LogP contribution in [0.4, 0.5) is 27.6 Å². The largest absolute Gasteiger partial charge is 0.451 e. The molecule has 0 spiro atoms. The smallest absolute Gasteiger partial charge is 0.416 e. The fourth-order valence-corrected chi connectivity index (χ4v) is 1.91. The molecule has 0 amide bonds. The van der Waals surface area contributed by atoms with E-state index in [9.17, 15) is 27.1 Å². The molecule has 0 saturated heterocycles. The Bertz CT molecular complexity index is 713. The molecule has 0 radical (unpaired) electrons. The van der Waals surface area contributed by atoms with E-state index in [4.69, 9.17) is 9.84 Å². The van der Waals surface area contributed by atoms with Gasteiger partial charge in [-0.05, 0) is 24.3 Å². The van der Waals surface area contributed by atoms with Crippen LogP contribution < -0.4 is 10.1 Å². The second-order valence-corrected chi connectivity index (χ2v) is 5.11. The van der Waals surface area contributed by atoms with Crippen LogP contribution in [-0.4, -0.2) is 29.5 Å². The van der Waals surface area contributed by atoms with Crippen molar-refractivity contribution in [3.8, 4) is 11.5 Å². The second-order valence-electron chi connectivity index (χ2n) is 5.11. The van der Waals surface area contributed by atoms with Crippen LogP contribution in [0.2, 0.25) is 0 Å². The molecule has 2 aromatic carbocycles. The Hall–Kier alpha value is -2.39. The Morgan fingerprint density at radius 3 is 2.28 bits per heavy atom. The van der Waals surface area contributed by atoms with Crippen LogP contribution in [-0.2, 0) is 6.18 Å². The first-order valence-corrected chi connectivity index (χ1v) is 7.07. The number of alkyl halides is 3. The first kappa shape index (κ1) is 18.9. The lowest BCUT2D eigenvalue weighted by Gasteiger charge is -2.13. The van der Waals surface area contributed by atoms with Gasteiger partial charge in [-0.1, -0.05) is 6.07 Å². The molecule has 0 aliphatic heterocycles. The highest BCUT2D eigenvalue weighted by atomic mass is 19.4.